The number of benzene rings is 2. The predicted molar refractivity (Wildman–Crippen MR) is 121 cm³/mol. The molecular formula is C22H21N3O2S2. The smallest absolute Gasteiger partial charge is 0.294 e. The Morgan fingerprint density at radius 1 is 1.14 bits per heavy atom. The molecule has 0 aliphatic heterocycles. The molecule has 2 aromatic carbocycles. The van der Waals surface area contributed by atoms with Gasteiger partial charge in [-0.2, -0.15) is 0 Å². The van der Waals surface area contributed by atoms with Crippen molar-refractivity contribution < 1.29 is 4.79 Å². The highest BCUT2D eigenvalue weighted by Crippen LogP contribution is 2.34. The fraction of sp³-hybridized carbons (Fsp3) is 0.227. The molecule has 0 aliphatic carbocycles. The fourth-order valence-corrected chi connectivity index (χ4v) is 4.87. The maximum atomic E-state index is 13.3. The minimum absolute atomic E-state index is 0.0178. The zero-order valence-electron chi connectivity index (χ0n) is 16.5. The minimum atomic E-state index is -0.190. The van der Waals surface area contributed by atoms with Crippen LogP contribution in [0.5, 0.6) is 0 Å². The zero-order chi connectivity index (χ0) is 20.5. The van der Waals surface area contributed by atoms with Gasteiger partial charge in [0.1, 0.15) is 6.54 Å². The summed E-state index contributed by atoms with van der Waals surface area (Å²) in [5, 5.41) is 2.38. The van der Waals surface area contributed by atoms with Crippen LogP contribution in [0.2, 0.25) is 0 Å². The van der Waals surface area contributed by atoms with E-state index in [9.17, 15) is 9.59 Å². The SMILES string of the molecule is Cc1csc(=O)n1CC(=O)N(c1ccc(C(C)C)cc1)c1nc2ccccc2s1. The van der Waals surface area contributed by atoms with Gasteiger partial charge in [0.25, 0.3) is 5.91 Å². The molecule has 0 unspecified atom stereocenters. The Kier molecular flexibility index (Phi) is 5.34. The highest BCUT2D eigenvalue weighted by atomic mass is 32.1. The maximum absolute atomic E-state index is 13.3. The number of rotatable bonds is 5. The summed E-state index contributed by atoms with van der Waals surface area (Å²) >= 11 is 2.58. The number of fused-ring (bicyclic) bond motifs is 1. The number of para-hydroxylation sites is 1. The second kappa shape index (κ2) is 7.93. The molecule has 5 nitrogen and oxygen atoms in total. The van der Waals surface area contributed by atoms with Crippen molar-refractivity contribution in [3.05, 3.63) is 74.8 Å². The topological polar surface area (TPSA) is 55.2 Å². The largest absolute Gasteiger partial charge is 0.307 e. The molecule has 0 saturated carbocycles. The molecule has 0 spiro atoms. The summed E-state index contributed by atoms with van der Waals surface area (Å²) in [5.41, 5.74) is 3.59. The summed E-state index contributed by atoms with van der Waals surface area (Å²) in [7, 11) is 0. The van der Waals surface area contributed by atoms with Crippen molar-refractivity contribution in [1.29, 1.82) is 0 Å². The van der Waals surface area contributed by atoms with Crippen LogP contribution in [0.15, 0.2) is 58.7 Å². The first-order chi connectivity index (χ1) is 13.9. The molecule has 2 heterocycles. The quantitative estimate of drug-likeness (QED) is 0.437. The second-order valence-corrected chi connectivity index (χ2v) is 9.00. The number of carbonyl (C=O) groups is 1. The van der Waals surface area contributed by atoms with E-state index in [1.54, 1.807) is 10.3 Å². The molecule has 4 rings (SSSR count). The van der Waals surface area contributed by atoms with Gasteiger partial charge in [-0.05, 0) is 42.7 Å². The summed E-state index contributed by atoms with van der Waals surface area (Å²) < 4.78 is 2.53. The number of hydrogen-bond donors (Lipinski definition) is 0. The molecule has 0 fully saturated rings. The normalized spacial score (nSPS) is 11.3. The van der Waals surface area contributed by atoms with E-state index in [2.05, 4.69) is 18.8 Å². The Morgan fingerprint density at radius 3 is 2.48 bits per heavy atom. The predicted octanol–water partition coefficient (Wildman–Crippen LogP) is 5.32. The van der Waals surface area contributed by atoms with Crippen molar-refractivity contribution in [1.82, 2.24) is 9.55 Å². The molecule has 7 heteroatoms. The van der Waals surface area contributed by atoms with Crippen LogP contribution in [0.4, 0.5) is 10.8 Å². The molecule has 0 aliphatic rings. The summed E-state index contributed by atoms with van der Waals surface area (Å²) in [6.45, 7) is 6.09. The number of anilines is 2. The molecule has 0 atom stereocenters. The van der Waals surface area contributed by atoms with Crippen LogP contribution >= 0.6 is 22.7 Å². The average molecular weight is 424 g/mol. The number of hydrogen-bond acceptors (Lipinski definition) is 5. The lowest BCUT2D eigenvalue weighted by Gasteiger charge is -2.21. The van der Waals surface area contributed by atoms with E-state index < -0.39 is 0 Å². The van der Waals surface area contributed by atoms with Gasteiger partial charge in [-0.25, -0.2) is 4.98 Å². The number of nitrogens with zero attached hydrogens (tertiary/aromatic N) is 3. The Hall–Kier alpha value is -2.77. The van der Waals surface area contributed by atoms with Crippen molar-refractivity contribution in [3.8, 4) is 0 Å². The Labute approximate surface area is 176 Å². The maximum Gasteiger partial charge on any atom is 0.307 e. The van der Waals surface area contributed by atoms with Crippen molar-refractivity contribution in [3.63, 3.8) is 0 Å². The summed E-state index contributed by atoms with van der Waals surface area (Å²) in [4.78, 5) is 31.7. The molecular weight excluding hydrogens is 402 g/mol. The molecule has 0 bridgehead atoms. The lowest BCUT2D eigenvalue weighted by atomic mass is 10.0. The third-order valence-electron chi connectivity index (χ3n) is 4.81. The Balaban J connectivity index is 1.77. The first-order valence-corrected chi connectivity index (χ1v) is 11.1. The zero-order valence-corrected chi connectivity index (χ0v) is 18.1. The highest BCUT2D eigenvalue weighted by Gasteiger charge is 2.23. The fourth-order valence-electron chi connectivity index (χ4n) is 3.13. The lowest BCUT2D eigenvalue weighted by molar-refractivity contribution is -0.118. The molecule has 4 aromatic rings. The van der Waals surface area contributed by atoms with Crippen molar-refractivity contribution in [2.45, 2.75) is 33.2 Å². The van der Waals surface area contributed by atoms with Crippen molar-refractivity contribution in [2.24, 2.45) is 0 Å². The highest BCUT2D eigenvalue weighted by molar-refractivity contribution is 7.22. The van der Waals surface area contributed by atoms with Gasteiger partial charge in [-0.3, -0.25) is 19.1 Å². The number of thiazole rings is 2. The Morgan fingerprint density at radius 2 is 1.86 bits per heavy atom. The van der Waals surface area contributed by atoms with Gasteiger partial charge < -0.3 is 0 Å². The second-order valence-electron chi connectivity index (χ2n) is 7.17. The Bertz CT molecular complexity index is 1190. The van der Waals surface area contributed by atoms with Gasteiger partial charge >= 0.3 is 4.87 Å². The van der Waals surface area contributed by atoms with Gasteiger partial charge in [0.15, 0.2) is 5.13 Å². The van der Waals surface area contributed by atoms with Crippen LogP contribution in [0.25, 0.3) is 10.2 Å². The third-order valence-corrected chi connectivity index (χ3v) is 6.71. The van der Waals surface area contributed by atoms with E-state index in [4.69, 9.17) is 0 Å². The number of carbonyl (C=O) groups excluding carboxylic acids is 1. The van der Waals surface area contributed by atoms with Crippen molar-refractivity contribution >= 4 is 49.6 Å². The molecule has 148 valence electrons. The van der Waals surface area contributed by atoms with Crippen LogP contribution in [-0.2, 0) is 11.3 Å². The van der Waals surface area contributed by atoms with Gasteiger partial charge in [0.05, 0.1) is 15.9 Å². The van der Waals surface area contributed by atoms with Gasteiger partial charge in [-0.15, -0.1) is 0 Å². The van der Waals surface area contributed by atoms with Crippen LogP contribution in [0, 0.1) is 6.92 Å². The van der Waals surface area contributed by atoms with Crippen molar-refractivity contribution in [2.75, 3.05) is 4.90 Å². The number of amides is 1. The molecule has 0 N–H and O–H groups in total. The summed E-state index contributed by atoms with van der Waals surface area (Å²) in [6, 6.07) is 15.8. The lowest BCUT2D eigenvalue weighted by Crippen LogP contribution is -2.32. The van der Waals surface area contributed by atoms with Crippen LogP contribution < -0.4 is 9.77 Å². The molecule has 29 heavy (non-hydrogen) atoms. The van der Waals surface area contributed by atoms with E-state index in [1.165, 1.54) is 21.5 Å². The third kappa shape index (κ3) is 3.88. The molecule has 2 aromatic heterocycles. The molecule has 0 saturated heterocycles. The van der Waals surface area contributed by atoms with Crippen LogP contribution in [0.3, 0.4) is 0 Å². The van der Waals surface area contributed by atoms with E-state index in [0.29, 0.717) is 11.0 Å². The van der Waals surface area contributed by atoms with Gasteiger partial charge in [0, 0.05) is 11.1 Å². The first-order valence-electron chi connectivity index (χ1n) is 9.37. The van der Waals surface area contributed by atoms with E-state index in [-0.39, 0.29) is 17.3 Å². The van der Waals surface area contributed by atoms with Crippen LogP contribution in [-0.4, -0.2) is 15.5 Å². The molecule has 1 amide bonds. The first kappa shape index (κ1) is 19.5. The number of aromatic nitrogens is 2. The molecule has 0 radical (unpaired) electrons. The minimum Gasteiger partial charge on any atom is -0.294 e. The standard InChI is InChI=1S/C22H21N3O2S2/c1-14(2)16-8-10-17(11-9-16)25(20(26)12-24-15(3)13-28-22(24)27)21-23-18-6-4-5-7-19(18)29-21/h4-11,13-14H,12H2,1-3H3. The van der Waals surface area contributed by atoms with E-state index in [1.807, 2.05) is 55.5 Å². The van der Waals surface area contributed by atoms with Gasteiger partial charge in [-0.1, -0.05) is 60.8 Å². The average Bonchev–Trinajstić information content (AvgIpc) is 3.26. The van der Waals surface area contributed by atoms with E-state index in [0.717, 1.165) is 32.9 Å². The summed E-state index contributed by atoms with van der Waals surface area (Å²) in [5.74, 6) is 0.215. The van der Waals surface area contributed by atoms with Crippen LogP contribution in [0.1, 0.15) is 31.0 Å². The van der Waals surface area contributed by atoms with E-state index >= 15 is 0 Å². The van der Waals surface area contributed by atoms with Gasteiger partial charge in [0.2, 0.25) is 0 Å². The monoisotopic (exact) mass is 423 g/mol. The summed E-state index contributed by atoms with van der Waals surface area (Å²) in [6.07, 6.45) is 0. The number of aryl methyl sites for hydroxylation is 1.